The SMILES string of the molecule is Cc1nn(C(C)C(=O)NCc2ccnn2C)c(C)c1Cl. The highest BCUT2D eigenvalue weighted by molar-refractivity contribution is 6.31. The molecule has 2 aromatic rings. The maximum Gasteiger partial charge on any atom is 0.244 e. The summed E-state index contributed by atoms with van der Waals surface area (Å²) in [6.45, 7) is 5.92. The number of hydrogen-bond acceptors (Lipinski definition) is 3. The van der Waals surface area contributed by atoms with Gasteiger partial charge in [-0.2, -0.15) is 10.2 Å². The number of carbonyl (C=O) groups is 1. The van der Waals surface area contributed by atoms with Crippen molar-refractivity contribution in [2.45, 2.75) is 33.4 Å². The maximum absolute atomic E-state index is 12.2. The molecule has 1 N–H and O–H groups in total. The largest absolute Gasteiger partial charge is 0.349 e. The molecule has 20 heavy (non-hydrogen) atoms. The van der Waals surface area contributed by atoms with E-state index in [1.807, 2.05) is 27.0 Å². The lowest BCUT2D eigenvalue weighted by atomic mass is 10.3. The van der Waals surface area contributed by atoms with E-state index in [1.165, 1.54) is 0 Å². The monoisotopic (exact) mass is 295 g/mol. The van der Waals surface area contributed by atoms with Gasteiger partial charge >= 0.3 is 0 Å². The number of aromatic nitrogens is 4. The topological polar surface area (TPSA) is 64.7 Å². The third-order valence-electron chi connectivity index (χ3n) is 3.35. The van der Waals surface area contributed by atoms with Gasteiger partial charge < -0.3 is 5.32 Å². The summed E-state index contributed by atoms with van der Waals surface area (Å²) in [5.41, 5.74) is 2.47. The molecule has 0 saturated carbocycles. The van der Waals surface area contributed by atoms with Crippen LogP contribution in [-0.2, 0) is 18.4 Å². The summed E-state index contributed by atoms with van der Waals surface area (Å²) in [5.74, 6) is -0.103. The molecule has 0 aromatic carbocycles. The van der Waals surface area contributed by atoms with Crippen LogP contribution in [0.5, 0.6) is 0 Å². The Hall–Kier alpha value is -1.82. The molecule has 6 nitrogen and oxygen atoms in total. The van der Waals surface area contributed by atoms with E-state index < -0.39 is 6.04 Å². The van der Waals surface area contributed by atoms with E-state index in [0.717, 1.165) is 17.1 Å². The third kappa shape index (κ3) is 2.70. The van der Waals surface area contributed by atoms with Gasteiger partial charge in [-0.05, 0) is 26.8 Å². The van der Waals surface area contributed by atoms with Crippen molar-refractivity contribution < 1.29 is 4.79 Å². The van der Waals surface area contributed by atoms with Gasteiger partial charge in [0.05, 0.1) is 28.6 Å². The van der Waals surface area contributed by atoms with Crippen LogP contribution in [0.1, 0.15) is 30.0 Å². The highest BCUT2D eigenvalue weighted by Crippen LogP contribution is 2.22. The number of carbonyl (C=O) groups excluding carboxylic acids is 1. The van der Waals surface area contributed by atoms with Crippen LogP contribution in [0, 0.1) is 13.8 Å². The van der Waals surface area contributed by atoms with E-state index >= 15 is 0 Å². The van der Waals surface area contributed by atoms with Crippen molar-refractivity contribution in [1.82, 2.24) is 24.9 Å². The van der Waals surface area contributed by atoms with E-state index in [4.69, 9.17) is 11.6 Å². The van der Waals surface area contributed by atoms with E-state index in [0.29, 0.717) is 11.6 Å². The number of amides is 1. The Bertz CT molecular complexity index is 631. The van der Waals surface area contributed by atoms with E-state index in [-0.39, 0.29) is 5.91 Å². The first-order chi connectivity index (χ1) is 9.41. The summed E-state index contributed by atoms with van der Waals surface area (Å²) < 4.78 is 3.38. The Kier molecular flexibility index (Phi) is 4.13. The molecule has 2 aromatic heterocycles. The van der Waals surface area contributed by atoms with Gasteiger partial charge in [0.2, 0.25) is 5.91 Å². The molecule has 0 aliphatic rings. The van der Waals surface area contributed by atoms with Crippen LogP contribution in [0.3, 0.4) is 0 Å². The quantitative estimate of drug-likeness (QED) is 0.935. The molecular weight excluding hydrogens is 278 g/mol. The number of aryl methyl sites for hydroxylation is 2. The summed E-state index contributed by atoms with van der Waals surface area (Å²) in [6, 6.07) is 1.46. The van der Waals surface area contributed by atoms with Crippen molar-refractivity contribution in [2.75, 3.05) is 0 Å². The number of rotatable bonds is 4. The van der Waals surface area contributed by atoms with Gasteiger partial charge in [-0.25, -0.2) is 0 Å². The second-order valence-electron chi connectivity index (χ2n) is 4.77. The van der Waals surface area contributed by atoms with Crippen LogP contribution in [0.4, 0.5) is 0 Å². The number of hydrogen-bond donors (Lipinski definition) is 1. The Morgan fingerprint density at radius 1 is 1.50 bits per heavy atom. The predicted octanol–water partition coefficient (Wildman–Crippen LogP) is 1.76. The minimum atomic E-state index is -0.408. The molecule has 0 bridgehead atoms. The molecule has 1 amide bonds. The van der Waals surface area contributed by atoms with Gasteiger partial charge in [-0.1, -0.05) is 11.6 Å². The van der Waals surface area contributed by atoms with Crippen LogP contribution in [-0.4, -0.2) is 25.5 Å². The van der Waals surface area contributed by atoms with E-state index in [9.17, 15) is 4.79 Å². The Morgan fingerprint density at radius 3 is 2.70 bits per heavy atom. The lowest BCUT2D eigenvalue weighted by molar-refractivity contribution is -0.124. The maximum atomic E-state index is 12.2. The summed E-state index contributed by atoms with van der Waals surface area (Å²) >= 11 is 6.10. The summed E-state index contributed by atoms with van der Waals surface area (Å²) in [6.07, 6.45) is 1.70. The smallest absolute Gasteiger partial charge is 0.244 e. The zero-order valence-electron chi connectivity index (χ0n) is 12.0. The molecule has 0 fully saturated rings. The average molecular weight is 296 g/mol. The molecule has 0 radical (unpaired) electrons. The first-order valence-corrected chi connectivity index (χ1v) is 6.75. The lowest BCUT2D eigenvalue weighted by Gasteiger charge is -2.14. The Labute approximate surface area is 122 Å². The fourth-order valence-corrected chi connectivity index (χ4v) is 2.16. The number of halogens is 1. The highest BCUT2D eigenvalue weighted by atomic mass is 35.5. The molecule has 2 rings (SSSR count). The minimum absolute atomic E-state index is 0.103. The van der Waals surface area contributed by atoms with Gasteiger partial charge in [0.15, 0.2) is 0 Å². The van der Waals surface area contributed by atoms with Crippen molar-refractivity contribution in [3.05, 3.63) is 34.4 Å². The van der Waals surface area contributed by atoms with Crippen LogP contribution >= 0.6 is 11.6 Å². The summed E-state index contributed by atoms with van der Waals surface area (Å²) in [7, 11) is 1.84. The van der Waals surface area contributed by atoms with Gasteiger partial charge in [-0.3, -0.25) is 14.2 Å². The number of nitrogens with one attached hydrogen (secondary N) is 1. The van der Waals surface area contributed by atoms with E-state index in [1.54, 1.807) is 22.5 Å². The van der Waals surface area contributed by atoms with Crippen LogP contribution in [0.15, 0.2) is 12.3 Å². The summed E-state index contributed by atoms with van der Waals surface area (Å²) in [4.78, 5) is 12.2. The molecule has 0 aliphatic heterocycles. The first-order valence-electron chi connectivity index (χ1n) is 6.37. The number of nitrogens with zero attached hydrogens (tertiary/aromatic N) is 4. The van der Waals surface area contributed by atoms with Crippen LogP contribution < -0.4 is 5.32 Å². The van der Waals surface area contributed by atoms with Gasteiger partial charge in [-0.15, -0.1) is 0 Å². The normalized spacial score (nSPS) is 12.4. The standard InChI is InChI=1S/C13H18ClN5O/c1-8-12(14)9(2)19(17-8)10(3)13(20)15-7-11-5-6-16-18(11)4/h5-6,10H,7H2,1-4H3,(H,15,20). The second-order valence-corrected chi connectivity index (χ2v) is 5.15. The third-order valence-corrected chi connectivity index (χ3v) is 3.90. The first kappa shape index (κ1) is 14.6. The highest BCUT2D eigenvalue weighted by Gasteiger charge is 2.20. The van der Waals surface area contributed by atoms with Gasteiger partial charge in [0, 0.05) is 13.2 Å². The second kappa shape index (κ2) is 5.66. The Morgan fingerprint density at radius 2 is 2.20 bits per heavy atom. The molecule has 108 valence electrons. The van der Waals surface area contributed by atoms with Gasteiger partial charge in [0.1, 0.15) is 6.04 Å². The summed E-state index contributed by atoms with van der Waals surface area (Å²) in [5, 5.41) is 11.8. The molecule has 7 heteroatoms. The van der Waals surface area contributed by atoms with Crippen LogP contribution in [0.2, 0.25) is 5.02 Å². The van der Waals surface area contributed by atoms with E-state index in [2.05, 4.69) is 15.5 Å². The average Bonchev–Trinajstić information content (AvgIpc) is 2.94. The fourth-order valence-electron chi connectivity index (χ4n) is 2.03. The predicted molar refractivity (Wildman–Crippen MR) is 76.5 cm³/mol. The molecule has 0 saturated heterocycles. The molecule has 0 aliphatic carbocycles. The zero-order valence-corrected chi connectivity index (χ0v) is 12.8. The molecule has 1 unspecified atom stereocenters. The minimum Gasteiger partial charge on any atom is -0.349 e. The lowest BCUT2D eigenvalue weighted by Crippen LogP contribution is -2.32. The molecule has 2 heterocycles. The fraction of sp³-hybridized carbons (Fsp3) is 0.462. The van der Waals surface area contributed by atoms with Gasteiger partial charge in [0.25, 0.3) is 0 Å². The molecule has 0 spiro atoms. The molecule has 1 atom stereocenters. The zero-order chi connectivity index (χ0) is 14.9. The van der Waals surface area contributed by atoms with Crippen molar-refractivity contribution in [3.63, 3.8) is 0 Å². The van der Waals surface area contributed by atoms with Crippen LogP contribution in [0.25, 0.3) is 0 Å². The Balaban J connectivity index is 2.05. The van der Waals surface area contributed by atoms with Crippen molar-refractivity contribution in [2.24, 2.45) is 7.05 Å². The van der Waals surface area contributed by atoms with Crippen molar-refractivity contribution in [3.8, 4) is 0 Å². The molecular formula is C13H18ClN5O. The van der Waals surface area contributed by atoms with Crippen molar-refractivity contribution in [1.29, 1.82) is 0 Å². The van der Waals surface area contributed by atoms with Crippen molar-refractivity contribution >= 4 is 17.5 Å².